The van der Waals surface area contributed by atoms with Crippen LogP contribution in [0.3, 0.4) is 0 Å². The highest BCUT2D eigenvalue weighted by molar-refractivity contribution is 6.06. The van der Waals surface area contributed by atoms with Crippen molar-refractivity contribution in [3.63, 3.8) is 0 Å². The van der Waals surface area contributed by atoms with Crippen LogP contribution in [0.25, 0.3) is 11.4 Å². The maximum Gasteiger partial charge on any atom is 0.270 e. The Hall–Kier alpha value is -5.84. The van der Waals surface area contributed by atoms with Gasteiger partial charge in [0.1, 0.15) is 18.4 Å². The number of amides is 1. The number of nitrogens with one attached hydrogen (secondary N) is 2. The van der Waals surface area contributed by atoms with Crippen molar-refractivity contribution in [2.45, 2.75) is 19.6 Å². The smallest absolute Gasteiger partial charge is 0.270 e. The zero-order valence-corrected chi connectivity index (χ0v) is 22.5. The fraction of sp³-hybridized carbons (Fsp3) is 0.0968. The Labute approximate surface area is 240 Å². The first-order valence-corrected chi connectivity index (χ1v) is 13.1. The first kappa shape index (κ1) is 26.4. The van der Waals surface area contributed by atoms with E-state index in [1.807, 2.05) is 54.6 Å². The van der Waals surface area contributed by atoms with Crippen molar-refractivity contribution in [3.8, 4) is 17.1 Å². The molecule has 2 aromatic heterocycles. The second-order valence-electron chi connectivity index (χ2n) is 9.62. The van der Waals surface area contributed by atoms with E-state index in [4.69, 9.17) is 9.84 Å². The summed E-state index contributed by atoms with van der Waals surface area (Å²) in [5.74, 6) is 0.962. The molecule has 11 nitrogen and oxygen atoms in total. The standard InChI is InChI=1S/C31H25N7O4/c1-20-27(30(39)34-24-12-7-15-32-18-24)28(22-10-6-14-26(17-22)42-19-21-8-3-2-4-9-21)37-31(33-20)35-29(36-37)23-11-5-13-25(16-23)38(40)41/h2-18,28H,19H2,1H3,(H,34,39)(H,33,35,36). The predicted molar refractivity (Wildman–Crippen MR) is 157 cm³/mol. The van der Waals surface area contributed by atoms with E-state index >= 15 is 0 Å². The van der Waals surface area contributed by atoms with E-state index in [0.717, 1.165) is 11.1 Å². The number of ether oxygens (including phenoxy) is 1. The number of anilines is 2. The van der Waals surface area contributed by atoms with Gasteiger partial charge in [-0.3, -0.25) is 19.9 Å². The molecule has 5 aromatic rings. The minimum Gasteiger partial charge on any atom is -0.489 e. The maximum absolute atomic E-state index is 13.8. The molecule has 2 N–H and O–H groups in total. The number of hydrogen-bond donors (Lipinski definition) is 2. The number of carbonyl (C=O) groups excluding carboxylic acids is 1. The van der Waals surface area contributed by atoms with Gasteiger partial charge in [-0.1, -0.05) is 54.6 Å². The molecule has 3 aromatic carbocycles. The van der Waals surface area contributed by atoms with E-state index in [-0.39, 0.29) is 17.4 Å². The van der Waals surface area contributed by atoms with Crippen molar-refractivity contribution in [1.29, 1.82) is 0 Å². The summed E-state index contributed by atoms with van der Waals surface area (Å²) >= 11 is 0. The van der Waals surface area contributed by atoms with Crippen LogP contribution in [0.15, 0.2) is 115 Å². The zero-order chi connectivity index (χ0) is 29.1. The van der Waals surface area contributed by atoms with E-state index in [0.29, 0.717) is 40.8 Å². The number of nitro groups is 1. The van der Waals surface area contributed by atoms with E-state index in [9.17, 15) is 14.9 Å². The largest absolute Gasteiger partial charge is 0.489 e. The van der Waals surface area contributed by atoms with Crippen molar-refractivity contribution in [2.75, 3.05) is 10.6 Å². The SMILES string of the molecule is CC1=C(C(=O)Nc2cccnc2)C(c2cccc(OCc3ccccc3)c2)n2nc(-c3cccc([N+](=O)[O-])c3)nc2N1. The third-order valence-electron chi connectivity index (χ3n) is 6.75. The van der Waals surface area contributed by atoms with E-state index in [1.54, 1.807) is 48.3 Å². The highest BCUT2D eigenvalue weighted by atomic mass is 16.6. The van der Waals surface area contributed by atoms with Gasteiger partial charge in [-0.15, -0.1) is 5.10 Å². The van der Waals surface area contributed by atoms with Gasteiger partial charge in [0.2, 0.25) is 5.95 Å². The van der Waals surface area contributed by atoms with Gasteiger partial charge in [0.25, 0.3) is 11.6 Å². The molecule has 0 saturated carbocycles. The van der Waals surface area contributed by atoms with E-state index < -0.39 is 11.0 Å². The van der Waals surface area contributed by atoms with E-state index in [1.165, 1.54) is 12.1 Å². The summed E-state index contributed by atoms with van der Waals surface area (Å²) in [5, 5.41) is 22.2. The number of non-ortho nitro benzene ring substituents is 1. The summed E-state index contributed by atoms with van der Waals surface area (Å²) in [7, 11) is 0. The summed E-state index contributed by atoms with van der Waals surface area (Å²) in [6, 6.07) is 26.3. The highest BCUT2D eigenvalue weighted by Gasteiger charge is 2.35. The monoisotopic (exact) mass is 559 g/mol. The lowest BCUT2D eigenvalue weighted by Crippen LogP contribution is -2.31. The topological polar surface area (TPSA) is 137 Å². The first-order chi connectivity index (χ1) is 20.5. The van der Waals surface area contributed by atoms with Gasteiger partial charge >= 0.3 is 0 Å². The summed E-state index contributed by atoms with van der Waals surface area (Å²) < 4.78 is 7.71. The highest BCUT2D eigenvalue weighted by Crippen LogP contribution is 2.38. The van der Waals surface area contributed by atoms with Crippen LogP contribution < -0.4 is 15.4 Å². The van der Waals surface area contributed by atoms with Gasteiger partial charge in [-0.05, 0) is 42.3 Å². The number of pyridine rings is 1. The molecular weight excluding hydrogens is 534 g/mol. The van der Waals surface area contributed by atoms with Crippen molar-refractivity contribution in [2.24, 2.45) is 0 Å². The van der Waals surface area contributed by atoms with Gasteiger partial charge in [-0.25, -0.2) is 4.68 Å². The molecule has 6 rings (SSSR count). The number of fused-ring (bicyclic) bond motifs is 1. The molecule has 42 heavy (non-hydrogen) atoms. The third-order valence-corrected chi connectivity index (χ3v) is 6.75. The molecule has 0 saturated heterocycles. The molecule has 0 fully saturated rings. The Balaban J connectivity index is 1.40. The molecule has 0 bridgehead atoms. The average molecular weight is 560 g/mol. The van der Waals surface area contributed by atoms with Crippen LogP contribution in [0.4, 0.5) is 17.3 Å². The van der Waals surface area contributed by atoms with Crippen molar-refractivity contribution < 1.29 is 14.5 Å². The van der Waals surface area contributed by atoms with Crippen molar-refractivity contribution >= 4 is 23.2 Å². The second kappa shape index (κ2) is 11.3. The number of aromatic nitrogens is 4. The van der Waals surface area contributed by atoms with Crippen LogP contribution in [0, 0.1) is 10.1 Å². The number of carbonyl (C=O) groups is 1. The van der Waals surface area contributed by atoms with Gasteiger partial charge in [-0.2, -0.15) is 4.98 Å². The molecule has 1 atom stereocenters. The minimum atomic E-state index is -0.682. The van der Waals surface area contributed by atoms with Crippen LogP contribution in [0.5, 0.6) is 5.75 Å². The normalized spacial score (nSPS) is 14.1. The fourth-order valence-electron chi connectivity index (χ4n) is 4.78. The lowest BCUT2D eigenvalue weighted by molar-refractivity contribution is -0.384. The third kappa shape index (κ3) is 5.43. The summed E-state index contributed by atoms with van der Waals surface area (Å²) in [6.45, 7) is 2.18. The Kier molecular flexibility index (Phi) is 7.12. The molecule has 0 spiro atoms. The summed E-state index contributed by atoms with van der Waals surface area (Å²) in [5.41, 5.74) is 3.73. The number of benzene rings is 3. The zero-order valence-electron chi connectivity index (χ0n) is 22.5. The van der Waals surface area contributed by atoms with Gasteiger partial charge in [0, 0.05) is 29.6 Å². The molecule has 0 radical (unpaired) electrons. The molecular formula is C31H25N7O4. The van der Waals surface area contributed by atoms with Crippen LogP contribution in [-0.2, 0) is 11.4 Å². The molecule has 208 valence electrons. The Bertz CT molecular complexity index is 1800. The minimum absolute atomic E-state index is 0.0705. The molecule has 0 aliphatic carbocycles. The van der Waals surface area contributed by atoms with Crippen LogP contribution in [-0.4, -0.2) is 30.6 Å². The molecule has 3 heterocycles. The van der Waals surface area contributed by atoms with Crippen molar-refractivity contribution in [1.82, 2.24) is 19.7 Å². The summed E-state index contributed by atoms with van der Waals surface area (Å²) in [4.78, 5) is 33.4. The average Bonchev–Trinajstić information content (AvgIpc) is 3.44. The number of nitrogens with zero attached hydrogens (tertiary/aromatic N) is 5. The Morgan fingerprint density at radius 3 is 2.67 bits per heavy atom. The van der Waals surface area contributed by atoms with Crippen LogP contribution in [0.1, 0.15) is 24.1 Å². The van der Waals surface area contributed by atoms with Gasteiger partial charge in [0.05, 0.1) is 22.4 Å². The molecule has 1 aliphatic rings. The number of rotatable bonds is 8. The number of nitro benzene ring substituents is 1. The van der Waals surface area contributed by atoms with Crippen molar-refractivity contribution in [3.05, 3.63) is 136 Å². The maximum atomic E-state index is 13.8. The molecule has 1 aliphatic heterocycles. The lowest BCUT2D eigenvalue weighted by atomic mass is 9.95. The first-order valence-electron chi connectivity index (χ1n) is 13.1. The fourth-order valence-corrected chi connectivity index (χ4v) is 4.78. The second-order valence-corrected chi connectivity index (χ2v) is 9.62. The Morgan fingerprint density at radius 1 is 1.05 bits per heavy atom. The quantitative estimate of drug-likeness (QED) is 0.181. The number of hydrogen-bond acceptors (Lipinski definition) is 8. The number of allylic oxidation sites excluding steroid dienone is 1. The lowest BCUT2D eigenvalue weighted by Gasteiger charge is -2.29. The molecule has 11 heteroatoms. The van der Waals surface area contributed by atoms with Gasteiger partial charge < -0.3 is 15.4 Å². The van der Waals surface area contributed by atoms with Crippen LogP contribution in [0.2, 0.25) is 0 Å². The molecule has 1 amide bonds. The molecule has 1 unspecified atom stereocenters. The van der Waals surface area contributed by atoms with Gasteiger partial charge in [0.15, 0.2) is 5.82 Å². The Morgan fingerprint density at radius 2 is 1.88 bits per heavy atom. The summed E-state index contributed by atoms with van der Waals surface area (Å²) in [6.07, 6.45) is 3.20. The van der Waals surface area contributed by atoms with E-state index in [2.05, 4.69) is 20.6 Å². The van der Waals surface area contributed by atoms with Crippen LogP contribution >= 0.6 is 0 Å². The predicted octanol–water partition coefficient (Wildman–Crippen LogP) is 5.75.